The van der Waals surface area contributed by atoms with Crippen LogP contribution in [0.3, 0.4) is 0 Å². The fourth-order valence-corrected chi connectivity index (χ4v) is 2.60. The third kappa shape index (κ3) is 10.4. The largest absolute Gasteiger partial charge is 0.480 e. The summed E-state index contributed by atoms with van der Waals surface area (Å²) in [4.78, 5) is 52.5. The van der Waals surface area contributed by atoms with E-state index in [0.717, 1.165) is 0 Å². The first-order valence-corrected chi connectivity index (χ1v) is 10.4. The van der Waals surface area contributed by atoms with E-state index in [1.54, 1.807) is 13.8 Å². The molecule has 0 aromatic rings. The minimum Gasteiger partial charge on any atom is -0.480 e. The lowest BCUT2D eigenvalue weighted by molar-refractivity contribution is -0.143. The number of nitrogens with one attached hydrogen (secondary N) is 3. The zero-order valence-electron chi connectivity index (χ0n) is 19.0. The molecule has 0 aromatic heterocycles. The predicted molar refractivity (Wildman–Crippen MR) is 118 cm³/mol. The quantitative estimate of drug-likeness (QED) is 0.0768. The zero-order valence-corrected chi connectivity index (χ0v) is 19.0. The molecular formula is C19H37N7O6. The van der Waals surface area contributed by atoms with Crippen molar-refractivity contribution in [3.63, 3.8) is 0 Å². The lowest BCUT2D eigenvalue weighted by Crippen LogP contribution is -2.57. The molecule has 32 heavy (non-hydrogen) atoms. The molecule has 0 rings (SSSR count). The highest BCUT2D eigenvalue weighted by atomic mass is 16.4. The molecule has 0 aliphatic carbocycles. The molecule has 6 atom stereocenters. The Morgan fingerprint density at radius 3 is 2.03 bits per heavy atom. The van der Waals surface area contributed by atoms with E-state index in [1.807, 2.05) is 0 Å². The van der Waals surface area contributed by atoms with E-state index < -0.39 is 54.0 Å². The Kier molecular flexibility index (Phi) is 12.9. The Labute approximate surface area is 187 Å². The SMILES string of the molecule is CCC(C)C(NC(=O)C(C)NC(=O)C(CCCN=C(N)N)NC(=O)C(N)C(C)O)C(=O)O. The topological polar surface area (TPSA) is 235 Å². The molecule has 6 unspecified atom stereocenters. The Hall–Kier alpha value is -2.93. The first-order valence-electron chi connectivity index (χ1n) is 10.4. The molecule has 11 N–H and O–H groups in total. The van der Waals surface area contributed by atoms with Gasteiger partial charge in [-0.2, -0.15) is 0 Å². The fraction of sp³-hybridized carbons (Fsp3) is 0.737. The van der Waals surface area contributed by atoms with Gasteiger partial charge in [0.1, 0.15) is 24.2 Å². The van der Waals surface area contributed by atoms with Crippen molar-refractivity contribution in [3.05, 3.63) is 0 Å². The summed E-state index contributed by atoms with van der Waals surface area (Å²) in [6, 6.07) is -4.51. The number of nitrogens with zero attached hydrogens (tertiary/aromatic N) is 1. The van der Waals surface area contributed by atoms with Gasteiger partial charge in [0.25, 0.3) is 0 Å². The fourth-order valence-electron chi connectivity index (χ4n) is 2.60. The summed E-state index contributed by atoms with van der Waals surface area (Å²) in [6.07, 6.45) is -0.153. The van der Waals surface area contributed by atoms with Crippen molar-refractivity contribution in [1.29, 1.82) is 0 Å². The Bertz CT molecular complexity index is 681. The summed E-state index contributed by atoms with van der Waals surface area (Å²) in [5.41, 5.74) is 16.1. The standard InChI is InChI=1S/C19H37N7O6/c1-5-9(2)14(18(31)32)26-15(28)10(3)24-16(29)12(7-6-8-23-19(21)22)25-17(30)13(20)11(4)27/h9-14,27H,5-8,20H2,1-4H3,(H,24,29)(H,25,30)(H,26,28)(H,31,32)(H4,21,22,23). The number of hydrogen-bond donors (Lipinski definition) is 8. The van der Waals surface area contributed by atoms with Crippen LogP contribution in [0.15, 0.2) is 4.99 Å². The van der Waals surface area contributed by atoms with Crippen LogP contribution in [0.5, 0.6) is 0 Å². The van der Waals surface area contributed by atoms with Gasteiger partial charge in [-0.3, -0.25) is 19.4 Å². The summed E-state index contributed by atoms with van der Waals surface area (Å²) < 4.78 is 0. The molecular weight excluding hydrogens is 422 g/mol. The van der Waals surface area contributed by atoms with Gasteiger partial charge in [-0.25, -0.2) is 4.79 Å². The number of aliphatic hydroxyl groups is 1. The summed E-state index contributed by atoms with van der Waals surface area (Å²) in [7, 11) is 0. The average molecular weight is 460 g/mol. The smallest absolute Gasteiger partial charge is 0.326 e. The molecule has 0 bridgehead atoms. The van der Waals surface area contributed by atoms with Crippen molar-refractivity contribution in [2.45, 2.75) is 77.2 Å². The molecule has 0 aliphatic rings. The Balaban J connectivity index is 5.22. The number of carbonyl (C=O) groups excluding carboxylic acids is 3. The van der Waals surface area contributed by atoms with Crippen molar-refractivity contribution in [2.24, 2.45) is 28.1 Å². The van der Waals surface area contributed by atoms with Crippen molar-refractivity contribution < 1.29 is 29.4 Å². The average Bonchev–Trinajstić information content (AvgIpc) is 2.71. The third-order valence-corrected chi connectivity index (χ3v) is 4.93. The molecule has 0 radical (unpaired) electrons. The second kappa shape index (κ2) is 14.2. The normalized spacial score (nSPS) is 16.4. The number of carboxylic acids is 1. The highest BCUT2D eigenvalue weighted by Crippen LogP contribution is 2.08. The Morgan fingerprint density at radius 2 is 1.56 bits per heavy atom. The van der Waals surface area contributed by atoms with E-state index in [1.165, 1.54) is 13.8 Å². The van der Waals surface area contributed by atoms with Crippen LogP contribution in [0.4, 0.5) is 0 Å². The van der Waals surface area contributed by atoms with Gasteiger partial charge in [0.2, 0.25) is 17.7 Å². The number of guanidine groups is 1. The maximum absolute atomic E-state index is 12.7. The van der Waals surface area contributed by atoms with E-state index in [-0.39, 0.29) is 24.8 Å². The Morgan fingerprint density at radius 1 is 0.969 bits per heavy atom. The predicted octanol–water partition coefficient (Wildman–Crippen LogP) is -2.65. The van der Waals surface area contributed by atoms with Crippen LogP contribution in [0.25, 0.3) is 0 Å². The third-order valence-electron chi connectivity index (χ3n) is 4.93. The van der Waals surface area contributed by atoms with Crippen molar-refractivity contribution in [2.75, 3.05) is 6.54 Å². The number of hydrogen-bond acceptors (Lipinski definition) is 7. The van der Waals surface area contributed by atoms with E-state index in [9.17, 15) is 29.4 Å². The number of aliphatic carboxylic acids is 1. The maximum atomic E-state index is 12.7. The van der Waals surface area contributed by atoms with Gasteiger partial charge < -0.3 is 43.4 Å². The van der Waals surface area contributed by atoms with Gasteiger partial charge in [0, 0.05) is 6.54 Å². The second-order valence-corrected chi connectivity index (χ2v) is 7.72. The van der Waals surface area contributed by atoms with Crippen LogP contribution in [-0.2, 0) is 19.2 Å². The van der Waals surface area contributed by atoms with Gasteiger partial charge >= 0.3 is 5.97 Å². The van der Waals surface area contributed by atoms with Crippen LogP contribution >= 0.6 is 0 Å². The van der Waals surface area contributed by atoms with E-state index in [0.29, 0.717) is 12.8 Å². The number of nitrogens with two attached hydrogens (primary N) is 3. The summed E-state index contributed by atoms with van der Waals surface area (Å²) >= 11 is 0. The van der Waals surface area contributed by atoms with Crippen LogP contribution in [0, 0.1) is 5.92 Å². The highest BCUT2D eigenvalue weighted by molar-refractivity contribution is 5.94. The van der Waals surface area contributed by atoms with E-state index >= 15 is 0 Å². The van der Waals surface area contributed by atoms with Crippen molar-refractivity contribution >= 4 is 29.7 Å². The van der Waals surface area contributed by atoms with Crippen LogP contribution in [-0.4, -0.2) is 76.7 Å². The van der Waals surface area contributed by atoms with Crippen LogP contribution < -0.4 is 33.2 Å². The van der Waals surface area contributed by atoms with Gasteiger partial charge in [0.15, 0.2) is 5.96 Å². The van der Waals surface area contributed by atoms with Crippen molar-refractivity contribution in [3.8, 4) is 0 Å². The lowest BCUT2D eigenvalue weighted by Gasteiger charge is -2.25. The molecule has 0 saturated carbocycles. The monoisotopic (exact) mass is 459 g/mol. The molecule has 0 saturated heterocycles. The maximum Gasteiger partial charge on any atom is 0.326 e. The summed E-state index contributed by atoms with van der Waals surface area (Å²) in [5.74, 6) is -3.73. The number of amides is 3. The first-order chi connectivity index (χ1) is 14.8. The molecule has 0 fully saturated rings. The molecule has 0 aliphatic heterocycles. The summed E-state index contributed by atoms with van der Waals surface area (Å²) in [6.45, 7) is 6.42. The summed E-state index contributed by atoms with van der Waals surface area (Å²) in [5, 5.41) is 26.1. The van der Waals surface area contributed by atoms with E-state index in [4.69, 9.17) is 17.2 Å². The number of rotatable bonds is 14. The van der Waals surface area contributed by atoms with Gasteiger partial charge in [-0.1, -0.05) is 20.3 Å². The van der Waals surface area contributed by atoms with Crippen LogP contribution in [0.2, 0.25) is 0 Å². The van der Waals surface area contributed by atoms with Gasteiger partial charge in [-0.15, -0.1) is 0 Å². The molecule has 0 spiro atoms. The molecule has 13 nitrogen and oxygen atoms in total. The van der Waals surface area contributed by atoms with Gasteiger partial charge in [0.05, 0.1) is 6.10 Å². The number of aliphatic imine (C=N–C) groups is 1. The first kappa shape index (κ1) is 29.1. The number of carboxylic acid groups (broad SMARTS) is 1. The highest BCUT2D eigenvalue weighted by Gasteiger charge is 2.30. The zero-order chi connectivity index (χ0) is 25.0. The number of aliphatic hydroxyl groups excluding tert-OH is 1. The molecule has 0 heterocycles. The van der Waals surface area contributed by atoms with E-state index in [2.05, 4.69) is 20.9 Å². The second-order valence-electron chi connectivity index (χ2n) is 7.72. The molecule has 0 aromatic carbocycles. The van der Waals surface area contributed by atoms with Crippen molar-refractivity contribution in [1.82, 2.24) is 16.0 Å². The minimum absolute atomic E-state index is 0.120. The lowest BCUT2D eigenvalue weighted by atomic mass is 9.99. The van der Waals surface area contributed by atoms with Crippen LogP contribution in [0.1, 0.15) is 47.0 Å². The molecule has 3 amide bonds. The number of carbonyl (C=O) groups is 4. The molecule has 184 valence electrons. The van der Waals surface area contributed by atoms with Gasteiger partial charge in [-0.05, 0) is 32.6 Å². The minimum atomic E-state index is -1.25. The molecule has 13 heteroatoms.